The van der Waals surface area contributed by atoms with E-state index in [0.29, 0.717) is 22.3 Å². The van der Waals surface area contributed by atoms with Crippen molar-refractivity contribution in [2.24, 2.45) is 0 Å². The van der Waals surface area contributed by atoms with E-state index < -0.39 is 39.8 Å². The third-order valence-corrected chi connectivity index (χ3v) is 8.67. The molecule has 9 heteroatoms. The molecule has 0 radical (unpaired) electrons. The van der Waals surface area contributed by atoms with Crippen LogP contribution in [0.1, 0.15) is 52.0 Å². The van der Waals surface area contributed by atoms with Crippen LogP contribution in [0.4, 0.5) is 18.0 Å². The number of hydrogen-bond donors (Lipinski definition) is 0. The van der Waals surface area contributed by atoms with E-state index in [1.807, 2.05) is 13.0 Å². The minimum Gasteiger partial charge on any atom is -0.439 e. The fraction of sp³-hybridized carbons (Fsp3) is 0.250. The van der Waals surface area contributed by atoms with E-state index in [1.165, 1.54) is 4.90 Å². The minimum atomic E-state index is -4.53. The molecule has 0 bridgehead atoms. The van der Waals surface area contributed by atoms with Crippen LogP contribution < -0.4 is 0 Å². The molecule has 0 spiro atoms. The van der Waals surface area contributed by atoms with Gasteiger partial charge in [-0.05, 0) is 67.3 Å². The molecule has 0 unspecified atom stereocenters. The fourth-order valence-corrected chi connectivity index (χ4v) is 6.68. The van der Waals surface area contributed by atoms with Crippen LogP contribution in [-0.2, 0) is 27.3 Å². The molecule has 2 aliphatic heterocycles. The second-order valence-electron chi connectivity index (χ2n) is 9.51. The smallest absolute Gasteiger partial charge is 0.416 e. The first-order chi connectivity index (χ1) is 17.4. The molecule has 2 heterocycles. The van der Waals surface area contributed by atoms with Crippen molar-refractivity contribution in [3.63, 3.8) is 0 Å². The number of ether oxygens (including phenoxy) is 1. The van der Waals surface area contributed by atoms with Gasteiger partial charge in [0.25, 0.3) is 0 Å². The Balaban J connectivity index is 1.49. The lowest BCUT2D eigenvalue weighted by Gasteiger charge is -2.23. The first-order valence-electron chi connectivity index (χ1n) is 11.7. The minimum absolute atomic E-state index is 0.0364. The maximum Gasteiger partial charge on any atom is 0.416 e. The van der Waals surface area contributed by atoms with Gasteiger partial charge in [0, 0.05) is 0 Å². The van der Waals surface area contributed by atoms with E-state index in [2.05, 4.69) is 0 Å². The standard InChI is InChI=1S/C28H24F3NO4S/c1-16-8-9-23(25-14-19-6-4-5-7-24(19)37(25,34)35)21(10-16)15-32-18(3)26(36-27(32)33)20-11-17(2)12-22(13-20)28(29,30)31/h4-14,18,26H,15H2,1-3H3/t18-,26-/m0/s1. The molecular weight excluding hydrogens is 503 g/mol. The molecule has 0 saturated carbocycles. The topological polar surface area (TPSA) is 63.7 Å². The molecule has 5 rings (SSSR count). The Hall–Kier alpha value is -3.59. The molecular formula is C28H24F3NO4S. The van der Waals surface area contributed by atoms with Crippen LogP contribution in [0.3, 0.4) is 0 Å². The Morgan fingerprint density at radius 2 is 1.70 bits per heavy atom. The maximum atomic E-state index is 13.4. The van der Waals surface area contributed by atoms with Gasteiger partial charge in [-0.2, -0.15) is 13.2 Å². The number of amides is 1. The van der Waals surface area contributed by atoms with Crippen LogP contribution in [0.5, 0.6) is 0 Å². The first-order valence-corrected chi connectivity index (χ1v) is 13.2. The number of rotatable bonds is 4. The molecule has 192 valence electrons. The first kappa shape index (κ1) is 25.1. The quantitative estimate of drug-likeness (QED) is 0.379. The van der Waals surface area contributed by atoms with Crippen LogP contribution in [-0.4, -0.2) is 25.5 Å². The molecule has 2 atom stereocenters. The molecule has 3 aromatic carbocycles. The lowest BCUT2D eigenvalue weighted by Crippen LogP contribution is -2.32. The van der Waals surface area contributed by atoms with Gasteiger partial charge >= 0.3 is 12.3 Å². The number of carbonyl (C=O) groups excluding carboxylic acids is 1. The number of benzene rings is 3. The SMILES string of the molecule is Cc1cc([C@H]2OC(=O)N(Cc3cc(C)ccc3C3=Cc4ccccc4S3(=O)=O)[C@H]2C)cc(C(F)(F)F)c1. The van der Waals surface area contributed by atoms with Crippen LogP contribution >= 0.6 is 0 Å². The summed E-state index contributed by atoms with van der Waals surface area (Å²) in [6, 6.07) is 15.1. The van der Waals surface area contributed by atoms with Crippen LogP contribution in [0.25, 0.3) is 11.0 Å². The summed E-state index contributed by atoms with van der Waals surface area (Å²) >= 11 is 0. The second kappa shape index (κ2) is 8.76. The molecule has 37 heavy (non-hydrogen) atoms. The van der Waals surface area contributed by atoms with Gasteiger partial charge < -0.3 is 4.74 Å². The van der Waals surface area contributed by atoms with E-state index in [9.17, 15) is 26.4 Å². The summed E-state index contributed by atoms with van der Waals surface area (Å²) in [5, 5.41) is 0. The molecule has 0 N–H and O–H groups in total. The van der Waals surface area contributed by atoms with Crippen molar-refractivity contribution in [1.82, 2.24) is 4.90 Å². The summed E-state index contributed by atoms with van der Waals surface area (Å²) in [4.78, 5) is 14.7. The van der Waals surface area contributed by atoms with Gasteiger partial charge in [0.2, 0.25) is 9.84 Å². The zero-order valence-electron chi connectivity index (χ0n) is 20.3. The number of nitrogens with zero attached hydrogens (tertiary/aromatic N) is 1. The van der Waals surface area contributed by atoms with Gasteiger partial charge in [-0.25, -0.2) is 13.2 Å². The number of cyclic esters (lactones) is 1. The second-order valence-corrected chi connectivity index (χ2v) is 11.4. The summed E-state index contributed by atoms with van der Waals surface area (Å²) in [6.07, 6.45) is -4.48. The van der Waals surface area contributed by atoms with Crippen LogP contribution in [0.2, 0.25) is 0 Å². The number of fused-ring (bicyclic) bond motifs is 1. The van der Waals surface area contributed by atoms with Crippen molar-refractivity contribution in [2.75, 3.05) is 0 Å². The number of carbonyl (C=O) groups is 1. The normalized spacial score (nSPS) is 20.5. The highest BCUT2D eigenvalue weighted by Crippen LogP contribution is 2.42. The third-order valence-electron chi connectivity index (χ3n) is 6.80. The fourth-order valence-electron chi connectivity index (χ4n) is 4.98. The Kier molecular flexibility index (Phi) is 5.94. The highest BCUT2D eigenvalue weighted by atomic mass is 32.2. The van der Waals surface area contributed by atoms with E-state index in [0.717, 1.165) is 17.7 Å². The number of hydrogen-bond acceptors (Lipinski definition) is 4. The number of halogens is 3. The maximum absolute atomic E-state index is 13.4. The van der Waals surface area contributed by atoms with Gasteiger partial charge in [0.15, 0.2) is 0 Å². The van der Waals surface area contributed by atoms with Crippen molar-refractivity contribution < 1.29 is 31.1 Å². The molecule has 3 aromatic rings. The number of alkyl halides is 3. The zero-order chi connectivity index (χ0) is 26.7. The molecule has 1 fully saturated rings. The van der Waals surface area contributed by atoms with E-state index in [4.69, 9.17) is 4.74 Å². The van der Waals surface area contributed by atoms with E-state index in [-0.39, 0.29) is 21.9 Å². The number of aryl methyl sites for hydroxylation is 2. The monoisotopic (exact) mass is 527 g/mol. The summed E-state index contributed by atoms with van der Waals surface area (Å²) in [5.41, 5.74) is 2.41. The highest BCUT2D eigenvalue weighted by Gasteiger charge is 2.42. The predicted octanol–water partition coefficient (Wildman–Crippen LogP) is 6.69. The molecule has 1 amide bonds. The summed E-state index contributed by atoms with van der Waals surface area (Å²) in [7, 11) is -3.75. The van der Waals surface area contributed by atoms with Crippen LogP contribution in [0, 0.1) is 13.8 Å². The molecule has 1 saturated heterocycles. The summed E-state index contributed by atoms with van der Waals surface area (Å²) in [5.74, 6) is 0. The molecule has 5 nitrogen and oxygen atoms in total. The summed E-state index contributed by atoms with van der Waals surface area (Å²) < 4.78 is 72.3. The van der Waals surface area contributed by atoms with E-state index in [1.54, 1.807) is 62.4 Å². The van der Waals surface area contributed by atoms with Crippen molar-refractivity contribution in [3.05, 3.63) is 99.6 Å². The Bertz CT molecular complexity index is 1560. The molecule has 0 aromatic heterocycles. The van der Waals surface area contributed by atoms with Gasteiger partial charge in [0.05, 0.1) is 28.0 Å². The zero-order valence-corrected chi connectivity index (χ0v) is 21.2. The lowest BCUT2D eigenvalue weighted by molar-refractivity contribution is -0.137. The Labute approximate surface area is 213 Å². The van der Waals surface area contributed by atoms with Crippen molar-refractivity contribution >= 4 is 26.9 Å². The van der Waals surface area contributed by atoms with Gasteiger partial charge in [-0.15, -0.1) is 0 Å². The van der Waals surface area contributed by atoms with Crippen LogP contribution in [0.15, 0.2) is 65.6 Å². The largest absolute Gasteiger partial charge is 0.439 e. The highest BCUT2D eigenvalue weighted by molar-refractivity contribution is 8.01. The third kappa shape index (κ3) is 4.41. The lowest BCUT2D eigenvalue weighted by atomic mass is 9.97. The van der Waals surface area contributed by atoms with Crippen molar-refractivity contribution in [2.45, 2.75) is 50.5 Å². The molecule has 0 aliphatic carbocycles. The Morgan fingerprint density at radius 3 is 2.41 bits per heavy atom. The average Bonchev–Trinajstić information content (AvgIpc) is 3.26. The van der Waals surface area contributed by atoms with E-state index >= 15 is 0 Å². The van der Waals surface area contributed by atoms with Crippen molar-refractivity contribution in [3.8, 4) is 0 Å². The van der Waals surface area contributed by atoms with Gasteiger partial charge in [-0.3, -0.25) is 4.90 Å². The van der Waals surface area contributed by atoms with Crippen molar-refractivity contribution in [1.29, 1.82) is 0 Å². The van der Waals surface area contributed by atoms with Gasteiger partial charge in [-0.1, -0.05) is 53.6 Å². The molecule has 2 aliphatic rings. The Morgan fingerprint density at radius 1 is 0.973 bits per heavy atom. The number of sulfone groups is 1. The summed E-state index contributed by atoms with van der Waals surface area (Å²) in [6.45, 7) is 5.17. The predicted molar refractivity (Wildman–Crippen MR) is 133 cm³/mol. The average molecular weight is 528 g/mol. The van der Waals surface area contributed by atoms with Gasteiger partial charge in [0.1, 0.15) is 6.10 Å².